The number of carbonyl (C=O) groups excluding carboxylic acids is 1. The van der Waals surface area contributed by atoms with E-state index in [-0.39, 0.29) is 16.7 Å². The molecular formula is C31H22BClF4OS2. The van der Waals surface area contributed by atoms with Crippen molar-refractivity contribution < 1.29 is 22.1 Å². The first-order chi connectivity index (χ1) is 19.2. The minimum atomic E-state index is -6.00. The Labute approximate surface area is 242 Å². The zero-order valence-electron chi connectivity index (χ0n) is 20.9. The predicted octanol–water partition coefficient (Wildman–Crippen LogP) is 10.1. The van der Waals surface area contributed by atoms with Crippen molar-refractivity contribution in [2.45, 2.75) is 24.5 Å². The maximum atomic E-state index is 13.0. The third kappa shape index (κ3) is 8.52. The van der Waals surface area contributed by atoms with E-state index in [1.165, 1.54) is 14.7 Å². The molecule has 9 heteroatoms. The Balaban J connectivity index is 0.000000681. The molecule has 0 bridgehead atoms. The highest BCUT2D eigenvalue weighted by Crippen LogP contribution is 2.35. The van der Waals surface area contributed by atoms with E-state index in [2.05, 4.69) is 84.9 Å². The normalized spacial score (nSPS) is 11.1. The number of hydrogen-bond acceptors (Lipinski definition) is 2. The molecule has 0 spiro atoms. The molecule has 0 saturated heterocycles. The van der Waals surface area contributed by atoms with Crippen LogP contribution in [0.15, 0.2) is 158 Å². The van der Waals surface area contributed by atoms with Crippen LogP contribution >= 0.6 is 23.4 Å². The van der Waals surface area contributed by atoms with Crippen molar-refractivity contribution >= 4 is 47.3 Å². The molecule has 0 aliphatic heterocycles. The Bertz CT molecular complexity index is 1490. The van der Waals surface area contributed by atoms with E-state index in [1.807, 2.05) is 42.5 Å². The summed E-state index contributed by atoms with van der Waals surface area (Å²) in [6, 6.07) is 44.9. The molecule has 0 aliphatic carbocycles. The standard InChI is InChI=1S/C31H22ClOS2.BF4/c32-30-21-18-25(22-29(30)31(33)23-10-4-1-5-11-23)34-24-16-19-28(20-17-24)35(26-12-6-2-7-13-26)27-14-8-3-9-15-27;2-1(3,4)5/h1-22H;/q+1;-1. The van der Waals surface area contributed by atoms with Gasteiger partial charge < -0.3 is 17.3 Å². The molecule has 202 valence electrons. The molecular weight excluding hydrogens is 575 g/mol. The summed E-state index contributed by atoms with van der Waals surface area (Å²) in [6.07, 6.45) is 0. The fraction of sp³-hybridized carbons (Fsp3) is 0. The fourth-order valence-corrected chi connectivity index (χ4v) is 6.93. The predicted molar refractivity (Wildman–Crippen MR) is 157 cm³/mol. The topological polar surface area (TPSA) is 17.1 Å². The number of benzene rings is 5. The van der Waals surface area contributed by atoms with Crippen molar-refractivity contribution in [3.05, 3.63) is 150 Å². The Morgan fingerprint density at radius 2 is 1.02 bits per heavy atom. The Morgan fingerprint density at radius 3 is 1.52 bits per heavy atom. The molecule has 0 atom stereocenters. The van der Waals surface area contributed by atoms with Crippen molar-refractivity contribution in [1.29, 1.82) is 0 Å². The maximum absolute atomic E-state index is 13.0. The van der Waals surface area contributed by atoms with E-state index in [1.54, 1.807) is 17.8 Å². The first-order valence-electron chi connectivity index (χ1n) is 12.1. The highest BCUT2D eigenvalue weighted by Gasteiger charge is 2.28. The molecule has 0 fully saturated rings. The van der Waals surface area contributed by atoms with E-state index >= 15 is 0 Å². The van der Waals surface area contributed by atoms with Gasteiger partial charge in [-0.25, -0.2) is 0 Å². The summed E-state index contributed by atoms with van der Waals surface area (Å²) < 4.78 is 39.0. The molecule has 1 nitrogen and oxygen atoms in total. The van der Waals surface area contributed by atoms with Crippen LogP contribution in [0.25, 0.3) is 0 Å². The van der Waals surface area contributed by atoms with Gasteiger partial charge in [0.25, 0.3) is 0 Å². The SMILES string of the molecule is F[B-](F)(F)F.O=C(c1ccccc1)c1cc(Sc2ccc([S+](c3ccccc3)c3ccccc3)cc2)ccc1Cl. The van der Waals surface area contributed by atoms with E-state index < -0.39 is 7.25 Å². The third-order valence-corrected chi connectivity index (χ3v) is 9.03. The van der Waals surface area contributed by atoms with Crippen molar-refractivity contribution in [2.75, 3.05) is 0 Å². The lowest BCUT2D eigenvalue weighted by Crippen LogP contribution is -2.04. The summed E-state index contributed by atoms with van der Waals surface area (Å²) >= 11 is 8.01. The van der Waals surface area contributed by atoms with E-state index in [0.29, 0.717) is 16.1 Å². The highest BCUT2D eigenvalue weighted by atomic mass is 35.5. The maximum Gasteiger partial charge on any atom is 0.673 e. The molecule has 0 saturated carbocycles. The molecule has 0 aromatic heterocycles. The summed E-state index contributed by atoms with van der Waals surface area (Å²) in [6.45, 7) is 0. The number of ketones is 1. The number of hydrogen-bond donors (Lipinski definition) is 0. The van der Waals surface area contributed by atoms with Crippen molar-refractivity contribution in [2.24, 2.45) is 0 Å². The molecule has 5 aromatic rings. The molecule has 0 N–H and O–H groups in total. The molecule has 40 heavy (non-hydrogen) atoms. The second-order valence-electron chi connectivity index (χ2n) is 8.34. The minimum Gasteiger partial charge on any atom is -0.418 e. The van der Waals surface area contributed by atoms with Gasteiger partial charge in [-0.3, -0.25) is 4.79 Å². The van der Waals surface area contributed by atoms with Crippen LogP contribution in [0, 0.1) is 0 Å². The molecule has 0 unspecified atom stereocenters. The van der Waals surface area contributed by atoms with Crippen LogP contribution in [0.5, 0.6) is 0 Å². The fourth-order valence-electron chi connectivity index (χ4n) is 3.79. The van der Waals surface area contributed by atoms with Crippen LogP contribution in [0.2, 0.25) is 5.02 Å². The lowest BCUT2D eigenvalue weighted by atomic mass is 10.0. The molecule has 5 aromatic carbocycles. The number of rotatable bonds is 7. The summed E-state index contributed by atoms with van der Waals surface area (Å²) in [5, 5.41) is 0.466. The summed E-state index contributed by atoms with van der Waals surface area (Å²) in [5.41, 5.74) is 1.16. The van der Waals surface area contributed by atoms with Gasteiger partial charge in [0.15, 0.2) is 20.5 Å². The smallest absolute Gasteiger partial charge is 0.418 e. The largest absolute Gasteiger partial charge is 0.673 e. The van der Waals surface area contributed by atoms with Gasteiger partial charge in [0.1, 0.15) is 0 Å². The average Bonchev–Trinajstić information content (AvgIpc) is 2.95. The van der Waals surface area contributed by atoms with Crippen molar-refractivity contribution in [3.8, 4) is 0 Å². The molecule has 5 rings (SSSR count). The van der Waals surface area contributed by atoms with Crippen LogP contribution in [-0.2, 0) is 10.9 Å². The van der Waals surface area contributed by atoms with Gasteiger partial charge in [0.2, 0.25) is 0 Å². The number of carbonyl (C=O) groups is 1. The van der Waals surface area contributed by atoms with Crippen LogP contribution in [0.4, 0.5) is 17.3 Å². The van der Waals surface area contributed by atoms with E-state index in [0.717, 1.165) is 9.79 Å². The quantitative estimate of drug-likeness (QED) is 0.0805. The zero-order chi connectivity index (χ0) is 28.5. The molecule has 0 radical (unpaired) electrons. The van der Waals surface area contributed by atoms with Gasteiger partial charge in [-0.05, 0) is 66.7 Å². The first kappa shape index (κ1) is 29.5. The van der Waals surface area contributed by atoms with Crippen LogP contribution < -0.4 is 0 Å². The molecule has 0 amide bonds. The summed E-state index contributed by atoms with van der Waals surface area (Å²) in [5.74, 6) is -0.0665. The van der Waals surface area contributed by atoms with Gasteiger partial charge in [-0.2, -0.15) is 0 Å². The second kappa shape index (κ2) is 13.7. The van der Waals surface area contributed by atoms with E-state index in [4.69, 9.17) is 11.6 Å². The van der Waals surface area contributed by atoms with E-state index in [9.17, 15) is 22.1 Å². The molecule has 0 aliphatic rings. The minimum absolute atomic E-state index is 0.0665. The van der Waals surface area contributed by atoms with Crippen LogP contribution in [0.1, 0.15) is 15.9 Å². The Kier molecular flexibility index (Phi) is 10.1. The number of halogens is 5. The van der Waals surface area contributed by atoms with Gasteiger partial charge in [0, 0.05) is 20.9 Å². The first-order valence-corrected chi connectivity index (χ1v) is 14.5. The Hall–Kier alpha value is -3.46. The van der Waals surface area contributed by atoms with Crippen molar-refractivity contribution in [3.63, 3.8) is 0 Å². The van der Waals surface area contributed by atoms with Gasteiger partial charge in [-0.15, -0.1) is 0 Å². The second-order valence-corrected chi connectivity index (χ2v) is 11.9. The van der Waals surface area contributed by atoms with Crippen molar-refractivity contribution in [1.82, 2.24) is 0 Å². The summed E-state index contributed by atoms with van der Waals surface area (Å²) in [4.78, 5) is 18.9. The lowest BCUT2D eigenvalue weighted by Gasteiger charge is -2.09. The van der Waals surface area contributed by atoms with Crippen LogP contribution in [0.3, 0.4) is 0 Å². The lowest BCUT2D eigenvalue weighted by molar-refractivity contribution is 0.103. The van der Waals surface area contributed by atoms with Gasteiger partial charge in [0.05, 0.1) is 15.9 Å². The zero-order valence-corrected chi connectivity index (χ0v) is 23.3. The average molecular weight is 597 g/mol. The van der Waals surface area contributed by atoms with Gasteiger partial charge in [-0.1, -0.05) is 90.1 Å². The Morgan fingerprint density at radius 1 is 0.600 bits per heavy atom. The van der Waals surface area contributed by atoms with Gasteiger partial charge >= 0.3 is 7.25 Å². The van der Waals surface area contributed by atoms with Crippen LogP contribution in [-0.4, -0.2) is 13.0 Å². The summed E-state index contributed by atoms with van der Waals surface area (Å²) in [7, 11) is -6.17. The third-order valence-electron chi connectivity index (χ3n) is 5.47. The highest BCUT2D eigenvalue weighted by molar-refractivity contribution is 7.99. The molecule has 0 heterocycles. The monoisotopic (exact) mass is 596 g/mol.